The van der Waals surface area contributed by atoms with Crippen LogP contribution in [0.1, 0.15) is 18.0 Å². The van der Waals surface area contributed by atoms with Crippen molar-refractivity contribution in [3.63, 3.8) is 0 Å². The van der Waals surface area contributed by atoms with Gasteiger partial charge in [0.05, 0.1) is 12.6 Å². The zero-order valence-corrected chi connectivity index (χ0v) is 12.7. The molecule has 1 amide bonds. The van der Waals surface area contributed by atoms with E-state index in [0.717, 1.165) is 15.9 Å². The van der Waals surface area contributed by atoms with Crippen LogP contribution in [0.25, 0.3) is 0 Å². The van der Waals surface area contributed by atoms with Gasteiger partial charge >= 0.3 is 5.69 Å². The average molecular weight is 315 g/mol. The molecule has 1 N–H and O–H groups in total. The Labute approximate surface area is 132 Å². The summed E-state index contributed by atoms with van der Waals surface area (Å²) >= 11 is 0. The molecule has 0 radical (unpaired) electrons. The number of nitrogens with zero attached hydrogens (tertiary/aromatic N) is 2. The topological polar surface area (TPSA) is 82.3 Å². The zero-order valence-electron chi connectivity index (χ0n) is 12.7. The molecule has 1 aromatic heterocycles. The van der Waals surface area contributed by atoms with Gasteiger partial charge in [0.1, 0.15) is 12.3 Å². The molecule has 0 spiro atoms. The number of benzene rings is 1. The van der Waals surface area contributed by atoms with Crippen molar-refractivity contribution in [2.75, 3.05) is 6.61 Å². The van der Waals surface area contributed by atoms with Crippen LogP contribution in [0.4, 0.5) is 0 Å². The number of para-hydroxylation sites is 1. The molecule has 23 heavy (non-hydrogen) atoms. The molecule has 120 valence electrons. The summed E-state index contributed by atoms with van der Waals surface area (Å²) in [5.74, 6) is 0.482. The molecule has 0 bridgehead atoms. The average Bonchev–Trinajstić information content (AvgIpc) is 2.56. The Morgan fingerprint density at radius 1 is 1.30 bits per heavy atom. The highest BCUT2D eigenvalue weighted by atomic mass is 16.5. The highest BCUT2D eigenvalue weighted by Gasteiger charge is 2.22. The highest BCUT2D eigenvalue weighted by Crippen LogP contribution is 2.31. The maximum atomic E-state index is 12.2. The van der Waals surface area contributed by atoms with Crippen LogP contribution in [-0.4, -0.2) is 21.6 Å². The number of aromatic nitrogens is 2. The van der Waals surface area contributed by atoms with Gasteiger partial charge in [-0.05, 0) is 6.07 Å². The van der Waals surface area contributed by atoms with E-state index < -0.39 is 11.2 Å². The summed E-state index contributed by atoms with van der Waals surface area (Å²) in [6, 6.07) is 8.68. The van der Waals surface area contributed by atoms with Crippen molar-refractivity contribution in [3.05, 3.63) is 62.9 Å². The van der Waals surface area contributed by atoms with Crippen LogP contribution in [0, 0.1) is 0 Å². The van der Waals surface area contributed by atoms with Gasteiger partial charge in [-0.3, -0.25) is 18.7 Å². The lowest BCUT2D eigenvalue weighted by Gasteiger charge is -2.26. The molecule has 7 heteroatoms. The highest BCUT2D eigenvalue weighted by molar-refractivity contribution is 5.76. The minimum absolute atomic E-state index is 0.132. The molecule has 1 aromatic carbocycles. The molecule has 0 fully saturated rings. The maximum Gasteiger partial charge on any atom is 0.331 e. The van der Waals surface area contributed by atoms with Crippen molar-refractivity contribution in [3.8, 4) is 5.75 Å². The predicted molar refractivity (Wildman–Crippen MR) is 83.4 cm³/mol. The van der Waals surface area contributed by atoms with Gasteiger partial charge in [-0.25, -0.2) is 4.79 Å². The van der Waals surface area contributed by atoms with E-state index in [1.807, 2.05) is 24.3 Å². The lowest BCUT2D eigenvalue weighted by Crippen LogP contribution is -2.41. The fourth-order valence-electron chi connectivity index (χ4n) is 2.62. The van der Waals surface area contributed by atoms with Crippen molar-refractivity contribution in [1.29, 1.82) is 0 Å². The fraction of sp³-hybridized carbons (Fsp3) is 0.312. The minimum atomic E-state index is -0.514. The van der Waals surface area contributed by atoms with Crippen LogP contribution in [0.3, 0.4) is 0 Å². The number of ether oxygens (including phenoxy) is 1. The van der Waals surface area contributed by atoms with E-state index in [2.05, 4.69) is 5.32 Å². The second-order valence-electron chi connectivity index (χ2n) is 5.42. The first kappa shape index (κ1) is 15.1. The molecule has 1 aliphatic heterocycles. The van der Waals surface area contributed by atoms with Crippen LogP contribution < -0.4 is 21.3 Å². The third-order valence-electron chi connectivity index (χ3n) is 3.87. The Kier molecular flexibility index (Phi) is 4.01. The van der Waals surface area contributed by atoms with E-state index in [1.54, 1.807) is 0 Å². The molecule has 7 nitrogen and oxygen atoms in total. The third-order valence-corrected chi connectivity index (χ3v) is 3.87. The van der Waals surface area contributed by atoms with Gasteiger partial charge in [-0.2, -0.15) is 0 Å². The number of carbonyl (C=O) groups excluding carboxylic acids is 1. The summed E-state index contributed by atoms with van der Waals surface area (Å²) in [6.45, 7) is 0.397. The monoisotopic (exact) mass is 315 g/mol. The second-order valence-corrected chi connectivity index (χ2v) is 5.42. The molecule has 0 aliphatic carbocycles. The molecule has 1 atom stereocenters. The lowest BCUT2D eigenvalue weighted by molar-refractivity contribution is -0.122. The van der Waals surface area contributed by atoms with E-state index in [4.69, 9.17) is 4.74 Å². The zero-order chi connectivity index (χ0) is 16.4. The number of hydrogen-bond donors (Lipinski definition) is 1. The summed E-state index contributed by atoms with van der Waals surface area (Å²) in [7, 11) is 1.38. The van der Waals surface area contributed by atoms with Crippen LogP contribution in [0.2, 0.25) is 0 Å². The van der Waals surface area contributed by atoms with Gasteiger partial charge in [0.25, 0.3) is 5.56 Å². The van der Waals surface area contributed by atoms with Gasteiger partial charge in [0.15, 0.2) is 0 Å². The van der Waals surface area contributed by atoms with Crippen LogP contribution >= 0.6 is 0 Å². The fourth-order valence-corrected chi connectivity index (χ4v) is 2.62. The van der Waals surface area contributed by atoms with Crippen molar-refractivity contribution < 1.29 is 9.53 Å². The predicted octanol–water partition coefficient (Wildman–Crippen LogP) is 0.187. The summed E-state index contributed by atoms with van der Waals surface area (Å²) in [5.41, 5.74) is 0.0185. The number of carbonyl (C=O) groups is 1. The summed E-state index contributed by atoms with van der Waals surface area (Å²) in [6.07, 6.45) is 2.01. The van der Waals surface area contributed by atoms with Gasteiger partial charge in [-0.15, -0.1) is 0 Å². The van der Waals surface area contributed by atoms with E-state index >= 15 is 0 Å². The third kappa shape index (κ3) is 3.03. The number of amides is 1. The SMILES string of the molecule is Cn1c(=O)ccn(CC(=O)N[C@H]2CCOc3ccccc32)c1=O. The number of rotatable bonds is 3. The number of fused-ring (bicyclic) bond motifs is 1. The van der Waals surface area contributed by atoms with E-state index in [1.165, 1.54) is 23.9 Å². The van der Waals surface area contributed by atoms with Crippen molar-refractivity contribution in [2.24, 2.45) is 7.05 Å². The molecule has 0 unspecified atom stereocenters. The Hall–Kier alpha value is -2.83. The Bertz CT molecular complexity index is 853. The summed E-state index contributed by atoms with van der Waals surface area (Å²) < 4.78 is 7.74. The Morgan fingerprint density at radius 3 is 2.91 bits per heavy atom. The molecule has 0 saturated carbocycles. The minimum Gasteiger partial charge on any atom is -0.493 e. The molecular formula is C16H17N3O4. The molecule has 3 rings (SSSR count). The smallest absolute Gasteiger partial charge is 0.331 e. The van der Waals surface area contributed by atoms with Gasteiger partial charge in [-0.1, -0.05) is 18.2 Å². The summed E-state index contributed by atoms with van der Waals surface area (Å²) in [4.78, 5) is 35.5. The molecule has 0 saturated heterocycles. The Morgan fingerprint density at radius 2 is 2.09 bits per heavy atom. The van der Waals surface area contributed by atoms with E-state index in [0.29, 0.717) is 13.0 Å². The van der Waals surface area contributed by atoms with Crippen LogP contribution in [0.15, 0.2) is 46.1 Å². The first-order valence-corrected chi connectivity index (χ1v) is 7.34. The molecule has 2 aromatic rings. The number of hydrogen-bond acceptors (Lipinski definition) is 4. The molecule has 2 heterocycles. The van der Waals surface area contributed by atoms with Crippen LogP contribution in [0.5, 0.6) is 5.75 Å². The number of nitrogens with one attached hydrogen (secondary N) is 1. The maximum absolute atomic E-state index is 12.2. The first-order chi connectivity index (χ1) is 11.1. The molecular weight excluding hydrogens is 298 g/mol. The Balaban J connectivity index is 1.75. The normalized spacial score (nSPS) is 16.3. The first-order valence-electron chi connectivity index (χ1n) is 7.34. The van der Waals surface area contributed by atoms with Gasteiger partial charge in [0.2, 0.25) is 5.91 Å². The molecule has 1 aliphatic rings. The quantitative estimate of drug-likeness (QED) is 0.876. The van der Waals surface area contributed by atoms with Crippen molar-refractivity contribution >= 4 is 5.91 Å². The van der Waals surface area contributed by atoms with Gasteiger partial charge in [0, 0.05) is 31.3 Å². The second kappa shape index (κ2) is 6.12. The largest absolute Gasteiger partial charge is 0.493 e. The van der Waals surface area contributed by atoms with Crippen molar-refractivity contribution in [1.82, 2.24) is 14.5 Å². The van der Waals surface area contributed by atoms with Crippen molar-refractivity contribution in [2.45, 2.75) is 19.0 Å². The van der Waals surface area contributed by atoms with Gasteiger partial charge < -0.3 is 10.1 Å². The standard InChI is InChI=1S/C16H17N3O4/c1-18-15(21)6-8-19(16(18)22)10-14(20)17-12-7-9-23-13-5-3-2-4-11(12)13/h2-6,8,12H,7,9-10H2,1H3,(H,17,20)/t12-/m0/s1. The lowest BCUT2D eigenvalue weighted by atomic mass is 10.0. The van der Waals surface area contributed by atoms with E-state index in [9.17, 15) is 14.4 Å². The van der Waals surface area contributed by atoms with E-state index in [-0.39, 0.29) is 18.5 Å². The summed E-state index contributed by atoms with van der Waals surface area (Å²) in [5, 5.41) is 2.92. The van der Waals surface area contributed by atoms with Crippen LogP contribution in [-0.2, 0) is 18.4 Å².